The molecule has 0 aliphatic carbocycles. The zero-order chi connectivity index (χ0) is 13.3. The van der Waals surface area contributed by atoms with Gasteiger partial charge in [0, 0.05) is 58.9 Å². The van der Waals surface area contributed by atoms with Crippen LogP contribution in [0.1, 0.15) is 6.92 Å². The maximum Gasteiger partial charge on any atom is 2.00 e. The molecule has 1 aliphatic heterocycles. The minimum Gasteiger partial charge on any atom is -0.314 e. The van der Waals surface area contributed by atoms with Gasteiger partial charge in [0.1, 0.15) is 5.00 Å². The van der Waals surface area contributed by atoms with Crippen molar-refractivity contribution in [1.29, 1.82) is 0 Å². The van der Waals surface area contributed by atoms with E-state index in [1.165, 1.54) is 0 Å². The van der Waals surface area contributed by atoms with E-state index in [1.54, 1.807) is 4.42 Å². The summed E-state index contributed by atoms with van der Waals surface area (Å²) in [6.07, 6.45) is 0. The number of nitrogens with zero attached hydrogens (tertiary/aromatic N) is 1. The maximum atomic E-state index is 6.40. The Hall–Kier alpha value is 0.899. The number of alkyl halides is 1. The van der Waals surface area contributed by atoms with E-state index < -0.39 is 5.00 Å². The predicted octanol–water partition coefficient (Wildman–Crippen LogP) is -0.233. The molecule has 4 N–H and O–H groups in total. The molecule has 0 aromatic heterocycles. The van der Waals surface area contributed by atoms with Gasteiger partial charge in [-0.3, -0.25) is 0 Å². The van der Waals surface area contributed by atoms with Crippen molar-refractivity contribution < 1.29 is 17.1 Å². The van der Waals surface area contributed by atoms with Crippen LogP contribution >= 0.6 is 23.4 Å². The average molecular weight is 353 g/mol. The van der Waals surface area contributed by atoms with Crippen molar-refractivity contribution in [1.82, 2.24) is 25.7 Å². The van der Waals surface area contributed by atoms with Gasteiger partial charge < -0.3 is 21.3 Å². The first-order valence-electron chi connectivity index (χ1n) is 6.58. The van der Waals surface area contributed by atoms with Gasteiger partial charge >= 0.3 is 17.1 Å². The molecule has 8 heteroatoms. The molecule has 1 saturated heterocycles. The molecule has 1 fully saturated rings. The average Bonchev–Trinajstić information content (AvgIpc) is 2.34. The van der Waals surface area contributed by atoms with Crippen LogP contribution in [0, 0.1) is 0 Å². The van der Waals surface area contributed by atoms with Crippen LogP contribution in [0.25, 0.3) is 0 Å². The van der Waals surface area contributed by atoms with Crippen molar-refractivity contribution in [3.05, 3.63) is 0 Å². The molecular formula is C11H25Cl2MnN5+2. The fourth-order valence-electron chi connectivity index (χ4n) is 1.72. The molecule has 113 valence electrons. The number of nitrogens with one attached hydrogen (secondary N) is 4. The molecule has 19 heavy (non-hydrogen) atoms. The number of halogens is 2. The zero-order valence-electron chi connectivity index (χ0n) is 11.4. The SMILES string of the molecule is CC1(Cl)CNCCNCCNCCNCCN1Cl.[Mn+2]. The van der Waals surface area contributed by atoms with Gasteiger partial charge in [0.15, 0.2) is 0 Å². The first-order valence-corrected chi connectivity index (χ1v) is 7.30. The van der Waals surface area contributed by atoms with E-state index in [9.17, 15) is 0 Å². The molecule has 1 aliphatic rings. The summed E-state index contributed by atoms with van der Waals surface area (Å²) in [4.78, 5) is -0.554. The van der Waals surface area contributed by atoms with Gasteiger partial charge in [-0.2, -0.15) is 4.42 Å². The van der Waals surface area contributed by atoms with Crippen molar-refractivity contribution >= 4 is 23.4 Å². The second kappa shape index (κ2) is 11.5. The summed E-state index contributed by atoms with van der Waals surface area (Å²) in [6, 6.07) is 0. The monoisotopic (exact) mass is 352 g/mol. The van der Waals surface area contributed by atoms with Gasteiger partial charge in [-0.15, -0.1) is 0 Å². The molecule has 0 aromatic carbocycles. The summed E-state index contributed by atoms with van der Waals surface area (Å²) in [5.41, 5.74) is 0. The van der Waals surface area contributed by atoms with Crippen LogP contribution in [0.3, 0.4) is 0 Å². The van der Waals surface area contributed by atoms with Crippen LogP contribution < -0.4 is 21.3 Å². The Balaban J connectivity index is 0.00000324. The van der Waals surface area contributed by atoms with Crippen LogP contribution in [0.4, 0.5) is 0 Å². The van der Waals surface area contributed by atoms with E-state index >= 15 is 0 Å². The van der Waals surface area contributed by atoms with Gasteiger partial charge in [-0.1, -0.05) is 11.6 Å². The van der Waals surface area contributed by atoms with Gasteiger partial charge in [0.2, 0.25) is 0 Å². The van der Waals surface area contributed by atoms with Crippen LogP contribution in [-0.4, -0.2) is 68.3 Å². The Morgan fingerprint density at radius 3 is 1.79 bits per heavy atom. The van der Waals surface area contributed by atoms with Gasteiger partial charge in [-0.05, 0) is 18.7 Å². The Labute approximate surface area is 137 Å². The summed E-state index contributed by atoms with van der Waals surface area (Å²) in [5.74, 6) is 0. The molecule has 1 unspecified atom stereocenters. The molecule has 1 rings (SSSR count). The Bertz CT molecular complexity index is 221. The fraction of sp³-hybridized carbons (Fsp3) is 1.00. The quantitative estimate of drug-likeness (QED) is 0.210. The Kier molecular flexibility index (Phi) is 12.1. The molecule has 0 bridgehead atoms. The third-order valence-electron chi connectivity index (χ3n) is 2.87. The summed E-state index contributed by atoms with van der Waals surface area (Å²) in [6.45, 7) is 9.90. The smallest absolute Gasteiger partial charge is 0.314 e. The molecule has 1 atom stereocenters. The van der Waals surface area contributed by atoms with E-state index in [0.29, 0.717) is 6.54 Å². The molecule has 0 spiro atoms. The molecule has 0 amide bonds. The van der Waals surface area contributed by atoms with Crippen molar-refractivity contribution in [3.63, 3.8) is 0 Å². The second-order valence-electron chi connectivity index (χ2n) is 4.65. The third-order valence-corrected chi connectivity index (χ3v) is 3.84. The van der Waals surface area contributed by atoms with Crippen molar-refractivity contribution in [2.24, 2.45) is 0 Å². The minimum absolute atomic E-state index is 0. The van der Waals surface area contributed by atoms with Crippen LogP contribution in [-0.2, 0) is 17.1 Å². The summed E-state index contributed by atoms with van der Waals surface area (Å²) in [5, 5.41) is 13.4. The molecule has 1 radical (unpaired) electrons. The van der Waals surface area contributed by atoms with E-state index in [4.69, 9.17) is 23.4 Å². The second-order valence-corrected chi connectivity index (χ2v) is 5.88. The topological polar surface area (TPSA) is 51.4 Å². The van der Waals surface area contributed by atoms with Crippen LogP contribution in [0.2, 0.25) is 0 Å². The first-order chi connectivity index (χ1) is 8.63. The summed E-state index contributed by atoms with van der Waals surface area (Å²) in [7, 11) is 0. The van der Waals surface area contributed by atoms with Gasteiger partial charge in [0.25, 0.3) is 0 Å². The van der Waals surface area contributed by atoms with E-state index in [1.807, 2.05) is 6.92 Å². The van der Waals surface area contributed by atoms with E-state index in [0.717, 1.165) is 52.4 Å². The Morgan fingerprint density at radius 1 is 0.842 bits per heavy atom. The predicted molar refractivity (Wildman–Crippen MR) is 78.3 cm³/mol. The minimum atomic E-state index is -0.554. The number of hydrogen-bond acceptors (Lipinski definition) is 5. The number of hydrogen-bond donors (Lipinski definition) is 4. The standard InChI is InChI=1S/C11H25Cl2N5.Mn/c1-11(12)10-17-7-6-15-3-2-14-4-5-16-8-9-18(11)13;/h14-17H,2-10H2,1H3;/q;+2. The van der Waals surface area contributed by atoms with Crippen molar-refractivity contribution in [3.8, 4) is 0 Å². The van der Waals surface area contributed by atoms with Crippen molar-refractivity contribution in [2.45, 2.75) is 11.9 Å². The van der Waals surface area contributed by atoms with Crippen molar-refractivity contribution in [2.75, 3.05) is 58.9 Å². The molecule has 0 saturated carbocycles. The molecule has 0 aromatic rings. The first kappa shape index (κ1) is 19.9. The van der Waals surface area contributed by atoms with Gasteiger partial charge in [0.05, 0.1) is 0 Å². The van der Waals surface area contributed by atoms with E-state index in [2.05, 4.69) is 21.3 Å². The third kappa shape index (κ3) is 9.45. The summed E-state index contributed by atoms with van der Waals surface area (Å²) >= 11 is 12.6. The zero-order valence-corrected chi connectivity index (χ0v) is 14.1. The van der Waals surface area contributed by atoms with Crippen LogP contribution in [0.5, 0.6) is 0 Å². The molecule has 1 heterocycles. The Morgan fingerprint density at radius 2 is 1.26 bits per heavy atom. The van der Waals surface area contributed by atoms with Crippen LogP contribution in [0.15, 0.2) is 0 Å². The number of rotatable bonds is 0. The molecule has 5 nitrogen and oxygen atoms in total. The largest absolute Gasteiger partial charge is 2.00 e. The van der Waals surface area contributed by atoms with E-state index in [-0.39, 0.29) is 17.1 Å². The summed E-state index contributed by atoms with van der Waals surface area (Å²) < 4.78 is 1.66. The van der Waals surface area contributed by atoms with Gasteiger partial charge in [-0.25, -0.2) is 0 Å². The maximum absolute atomic E-state index is 6.40. The normalized spacial score (nSPS) is 29.8. The molecular weight excluding hydrogens is 328 g/mol. The fourth-order valence-corrected chi connectivity index (χ4v) is 2.04.